The van der Waals surface area contributed by atoms with E-state index in [-0.39, 0.29) is 22.4 Å². The van der Waals surface area contributed by atoms with Crippen LogP contribution in [0.1, 0.15) is 31.1 Å². The summed E-state index contributed by atoms with van der Waals surface area (Å²) in [6, 6.07) is 5.29. The Labute approximate surface area is 147 Å². The number of anilines is 1. The summed E-state index contributed by atoms with van der Waals surface area (Å²) < 4.78 is 18.8. The van der Waals surface area contributed by atoms with Gasteiger partial charge in [0.25, 0.3) is 5.91 Å². The highest BCUT2D eigenvalue weighted by Gasteiger charge is 2.16. The van der Waals surface area contributed by atoms with E-state index in [9.17, 15) is 19.2 Å². The molecule has 9 nitrogen and oxygen atoms in total. The minimum absolute atomic E-state index is 0.0427. The quantitative estimate of drug-likeness (QED) is 0.609. The van der Waals surface area contributed by atoms with E-state index in [2.05, 4.69) is 14.8 Å². The molecule has 0 bridgehead atoms. The van der Waals surface area contributed by atoms with E-state index in [1.807, 2.05) is 0 Å². The Balaban J connectivity index is 2.09. The third-order valence-corrected chi connectivity index (χ3v) is 3.15. The van der Waals surface area contributed by atoms with Gasteiger partial charge in [-0.15, -0.1) is 0 Å². The average molecular weight is 361 g/mol. The van der Waals surface area contributed by atoms with Crippen molar-refractivity contribution in [2.75, 3.05) is 26.1 Å². The first-order valence-electron chi connectivity index (χ1n) is 7.25. The summed E-state index contributed by atoms with van der Waals surface area (Å²) in [5, 5.41) is 2.43. The van der Waals surface area contributed by atoms with Crippen LogP contribution in [0.25, 0.3) is 0 Å². The molecule has 2 rings (SSSR count). The molecule has 1 aromatic heterocycles. The summed E-state index contributed by atoms with van der Waals surface area (Å²) in [5.74, 6) is -2.79. The summed E-state index contributed by atoms with van der Waals surface area (Å²) in [6.07, 6.45) is 2.48. The van der Waals surface area contributed by atoms with Crippen LogP contribution in [0, 0.1) is 0 Å². The number of methoxy groups -OCH3 is 2. The number of hydrogen-bond acceptors (Lipinski definition) is 8. The molecule has 1 N–H and O–H groups in total. The molecule has 0 aliphatic carbocycles. The Morgan fingerprint density at radius 2 is 1.54 bits per heavy atom. The topological polar surface area (TPSA) is 121 Å². The van der Waals surface area contributed by atoms with E-state index >= 15 is 0 Å². The molecular formula is C17H15NO8. The van der Waals surface area contributed by atoms with Crippen LogP contribution < -0.4 is 5.32 Å². The molecule has 2 aromatic rings. The number of nitrogens with one attached hydrogen (secondary N) is 1. The van der Waals surface area contributed by atoms with E-state index in [0.717, 1.165) is 0 Å². The number of carbonyl (C=O) groups is 4. The molecule has 26 heavy (non-hydrogen) atoms. The zero-order chi connectivity index (χ0) is 19.1. The highest BCUT2D eigenvalue weighted by atomic mass is 16.5. The third kappa shape index (κ3) is 4.69. The summed E-state index contributed by atoms with van der Waals surface area (Å²) in [4.78, 5) is 47.0. The lowest BCUT2D eigenvalue weighted by Crippen LogP contribution is -2.21. The number of hydrogen-bond donors (Lipinski definition) is 1. The second-order valence-electron chi connectivity index (χ2n) is 4.92. The minimum Gasteiger partial charge on any atom is -0.472 e. The average Bonchev–Trinajstić information content (AvgIpc) is 3.19. The fraction of sp³-hybridized carbons (Fsp3) is 0.176. The second-order valence-corrected chi connectivity index (χ2v) is 4.92. The van der Waals surface area contributed by atoms with Crippen molar-refractivity contribution < 1.29 is 37.8 Å². The first-order valence-corrected chi connectivity index (χ1v) is 7.25. The molecule has 0 aliphatic rings. The van der Waals surface area contributed by atoms with Gasteiger partial charge < -0.3 is 23.9 Å². The standard InChI is InChI=1S/C17H15NO8/c1-23-15(20)11-5-12(16(21)24-2)7-13(6-11)18-14(19)9-26-17(22)10-3-4-25-8-10/h3-8H,9H2,1-2H3,(H,18,19). The number of furan rings is 1. The number of rotatable bonds is 6. The fourth-order valence-electron chi connectivity index (χ4n) is 1.96. The van der Waals surface area contributed by atoms with Crippen molar-refractivity contribution in [2.45, 2.75) is 0 Å². The van der Waals surface area contributed by atoms with Crippen molar-refractivity contribution in [1.29, 1.82) is 0 Å². The number of ether oxygens (including phenoxy) is 3. The van der Waals surface area contributed by atoms with E-state index in [0.29, 0.717) is 0 Å². The number of carbonyl (C=O) groups excluding carboxylic acids is 4. The lowest BCUT2D eigenvalue weighted by atomic mass is 10.1. The summed E-state index contributed by atoms with van der Waals surface area (Å²) in [7, 11) is 2.36. The summed E-state index contributed by atoms with van der Waals surface area (Å²) in [5.41, 5.74) is 0.387. The molecule has 1 heterocycles. The lowest BCUT2D eigenvalue weighted by molar-refractivity contribution is -0.119. The fourth-order valence-corrected chi connectivity index (χ4v) is 1.96. The Morgan fingerprint density at radius 1 is 0.923 bits per heavy atom. The van der Waals surface area contributed by atoms with Crippen molar-refractivity contribution in [1.82, 2.24) is 0 Å². The zero-order valence-corrected chi connectivity index (χ0v) is 13.9. The molecule has 9 heteroatoms. The van der Waals surface area contributed by atoms with Gasteiger partial charge in [0, 0.05) is 5.69 Å². The molecule has 0 atom stereocenters. The van der Waals surface area contributed by atoms with Gasteiger partial charge in [-0.25, -0.2) is 14.4 Å². The summed E-state index contributed by atoms with van der Waals surface area (Å²) >= 11 is 0. The third-order valence-electron chi connectivity index (χ3n) is 3.15. The molecule has 0 radical (unpaired) electrons. The second kappa shape index (κ2) is 8.47. The Bertz CT molecular complexity index is 791. The van der Waals surface area contributed by atoms with Gasteiger partial charge in [0.15, 0.2) is 6.61 Å². The van der Waals surface area contributed by atoms with Crippen LogP contribution in [0.4, 0.5) is 5.69 Å². The molecule has 0 unspecified atom stereocenters. The maximum atomic E-state index is 11.9. The smallest absolute Gasteiger partial charge is 0.341 e. The van der Waals surface area contributed by atoms with Crippen LogP contribution in [0.2, 0.25) is 0 Å². The van der Waals surface area contributed by atoms with Gasteiger partial charge in [0.2, 0.25) is 0 Å². The van der Waals surface area contributed by atoms with Crippen molar-refractivity contribution in [3.05, 3.63) is 53.5 Å². The van der Waals surface area contributed by atoms with Gasteiger partial charge in [-0.1, -0.05) is 0 Å². The van der Waals surface area contributed by atoms with Crippen LogP contribution in [0.3, 0.4) is 0 Å². The number of amides is 1. The normalized spacial score (nSPS) is 9.92. The van der Waals surface area contributed by atoms with Gasteiger partial charge in [0.05, 0.1) is 37.2 Å². The Kier molecular flexibility index (Phi) is 6.10. The Morgan fingerprint density at radius 3 is 2.04 bits per heavy atom. The SMILES string of the molecule is COC(=O)c1cc(NC(=O)COC(=O)c2ccoc2)cc(C(=O)OC)c1. The highest BCUT2D eigenvalue weighted by Crippen LogP contribution is 2.17. The van der Waals surface area contributed by atoms with E-state index in [1.54, 1.807) is 0 Å². The van der Waals surface area contributed by atoms with Crippen molar-refractivity contribution in [3.63, 3.8) is 0 Å². The molecule has 0 saturated carbocycles. The number of esters is 3. The maximum Gasteiger partial charge on any atom is 0.341 e. The van der Waals surface area contributed by atoms with Gasteiger partial charge in [0.1, 0.15) is 6.26 Å². The van der Waals surface area contributed by atoms with Crippen LogP contribution >= 0.6 is 0 Å². The van der Waals surface area contributed by atoms with Gasteiger partial charge in [-0.3, -0.25) is 4.79 Å². The van der Waals surface area contributed by atoms with Crippen molar-refractivity contribution >= 4 is 29.5 Å². The molecule has 0 fully saturated rings. The van der Waals surface area contributed by atoms with E-state index in [1.165, 1.54) is 51.0 Å². The molecule has 0 spiro atoms. The monoisotopic (exact) mass is 361 g/mol. The predicted molar refractivity (Wildman–Crippen MR) is 86.7 cm³/mol. The van der Waals surface area contributed by atoms with Crippen LogP contribution in [0.5, 0.6) is 0 Å². The van der Waals surface area contributed by atoms with E-state index in [4.69, 9.17) is 9.15 Å². The Hall–Kier alpha value is -3.62. The molecule has 1 amide bonds. The lowest BCUT2D eigenvalue weighted by Gasteiger charge is -2.09. The van der Waals surface area contributed by atoms with Crippen LogP contribution in [0.15, 0.2) is 41.2 Å². The van der Waals surface area contributed by atoms with Crippen molar-refractivity contribution in [3.8, 4) is 0 Å². The molecule has 136 valence electrons. The molecular weight excluding hydrogens is 346 g/mol. The largest absolute Gasteiger partial charge is 0.472 e. The zero-order valence-electron chi connectivity index (χ0n) is 13.9. The van der Waals surface area contributed by atoms with Gasteiger partial charge >= 0.3 is 17.9 Å². The highest BCUT2D eigenvalue weighted by molar-refractivity contribution is 6.00. The number of benzene rings is 1. The van der Waals surface area contributed by atoms with Gasteiger partial charge in [-0.05, 0) is 24.3 Å². The first kappa shape index (κ1) is 18.7. The van der Waals surface area contributed by atoms with Gasteiger partial charge in [-0.2, -0.15) is 0 Å². The first-order chi connectivity index (χ1) is 12.4. The maximum absolute atomic E-state index is 11.9. The molecule has 1 aromatic carbocycles. The molecule has 0 aliphatic heterocycles. The minimum atomic E-state index is -0.729. The van der Waals surface area contributed by atoms with Crippen molar-refractivity contribution in [2.24, 2.45) is 0 Å². The van der Waals surface area contributed by atoms with Crippen LogP contribution in [-0.2, 0) is 19.0 Å². The van der Waals surface area contributed by atoms with E-state index < -0.39 is 30.4 Å². The summed E-state index contributed by atoms with van der Waals surface area (Å²) in [6.45, 7) is -0.569. The predicted octanol–water partition coefficient (Wildman–Crippen LogP) is 1.65. The molecule has 0 saturated heterocycles. The van der Waals surface area contributed by atoms with Crippen LogP contribution in [-0.4, -0.2) is 44.6 Å².